The maximum Gasteiger partial charge on any atom is 0.338 e. The van der Waals surface area contributed by atoms with Crippen molar-refractivity contribution >= 4 is 21.9 Å². The minimum atomic E-state index is -4.46. The molecule has 0 amide bonds. The van der Waals surface area contributed by atoms with Crippen molar-refractivity contribution in [3.8, 4) is 0 Å². The molecule has 0 unspecified atom stereocenters. The molecule has 7 heteroatoms. The summed E-state index contributed by atoms with van der Waals surface area (Å²) >= 11 is 0. The monoisotopic (exact) mass is 275 g/mol. The maximum atomic E-state index is 12.2. The third-order valence-corrected chi connectivity index (χ3v) is 2.76. The van der Waals surface area contributed by atoms with Gasteiger partial charge in [-0.05, 0) is 31.2 Å². The minimum absolute atomic E-state index is 0.0302. The van der Waals surface area contributed by atoms with E-state index in [1.54, 1.807) is 31.2 Å². The van der Waals surface area contributed by atoms with Gasteiger partial charge in [0.05, 0.1) is 17.9 Å². The lowest BCUT2D eigenvalue weighted by atomic mass is 10.2. The Hall–Kier alpha value is -1.63. The Morgan fingerprint density at radius 1 is 1.33 bits per heavy atom. The second-order valence-corrected chi connectivity index (χ2v) is 4.95. The number of ether oxygens (including phenoxy) is 1. The van der Waals surface area contributed by atoms with Crippen LogP contribution in [0.1, 0.15) is 17.3 Å². The molecule has 0 atom stereocenters. The van der Waals surface area contributed by atoms with Crippen molar-refractivity contribution in [3.63, 3.8) is 0 Å². The number of hydrogen-bond acceptors (Lipinski definition) is 5. The largest absolute Gasteiger partial charge is 0.462 e. The van der Waals surface area contributed by atoms with Gasteiger partial charge in [0.2, 0.25) is 0 Å². The lowest BCUT2D eigenvalue weighted by Crippen LogP contribution is -2.12. The normalized spacial score (nSPS) is 11.0. The van der Waals surface area contributed by atoms with Crippen LogP contribution in [0.25, 0.3) is 0 Å². The number of halogens is 1. The van der Waals surface area contributed by atoms with Crippen LogP contribution in [0.3, 0.4) is 0 Å². The Labute approximate surface area is 105 Å². The van der Waals surface area contributed by atoms with Crippen LogP contribution in [-0.4, -0.2) is 33.3 Å². The SMILES string of the molecule is CCOC(=O)c1ccc(NCCS(=O)(=O)F)cc1. The van der Waals surface area contributed by atoms with Crippen LogP contribution in [-0.2, 0) is 15.0 Å². The molecule has 1 aromatic rings. The fraction of sp³-hybridized carbons (Fsp3) is 0.364. The van der Waals surface area contributed by atoms with E-state index in [9.17, 15) is 17.1 Å². The van der Waals surface area contributed by atoms with E-state index in [2.05, 4.69) is 5.32 Å². The second-order valence-electron chi connectivity index (χ2n) is 3.47. The first-order chi connectivity index (χ1) is 8.42. The van der Waals surface area contributed by atoms with Crippen molar-refractivity contribution in [3.05, 3.63) is 29.8 Å². The Morgan fingerprint density at radius 3 is 2.44 bits per heavy atom. The van der Waals surface area contributed by atoms with Gasteiger partial charge in [-0.1, -0.05) is 0 Å². The molecule has 1 N–H and O–H groups in total. The summed E-state index contributed by atoms with van der Waals surface area (Å²) in [5.41, 5.74) is 1.01. The number of nitrogens with one attached hydrogen (secondary N) is 1. The van der Waals surface area contributed by atoms with Crippen molar-refractivity contribution < 1.29 is 21.8 Å². The van der Waals surface area contributed by atoms with Crippen LogP contribution in [0.2, 0.25) is 0 Å². The number of carbonyl (C=O) groups excluding carboxylic acids is 1. The summed E-state index contributed by atoms with van der Waals surface area (Å²) in [6.45, 7) is 1.98. The van der Waals surface area contributed by atoms with E-state index >= 15 is 0 Å². The van der Waals surface area contributed by atoms with Crippen molar-refractivity contribution in [2.24, 2.45) is 0 Å². The first-order valence-electron chi connectivity index (χ1n) is 5.36. The van der Waals surface area contributed by atoms with Crippen LogP contribution in [0.5, 0.6) is 0 Å². The third-order valence-electron chi connectivity index (χ3n) is 2.07. The van der Waals surface area contributed by atoms with Crippen LogP contribution in [0.4, 0.5) is 9.57 Å². The summed E-state index contributed by atoms with van der Waals surface area (Å²) in [6.07, 6.45) is 0. The van der Waals surface area contributed by atoms with Gasteiger partial charge >= 0.3 is 16.2 Å². The smallest absolute Gasteiger partial charge is 0.338 e. The molecule has 0 bridgehead atoms. The molecule has 0 heterocycles. The summed E-state index contributed by atoms with van der Waals surface area (Å²) in [5.74, 6) is -1.01. The summed E-state index contributed by atoms with van der Waals surface area (Å²) < 4.78 is 37.6. The average molecular weight is 275 g/mol. The standard InChI is InChI=1S/C11H14FNO4S/c1-2-17-11(14)9-3-5-10(6-4-9)13-7-8-18(12,15)16/h3-6,13H,2,7-8H2,1H3. The highest BCUT2D eigenvalue weighted by atomic mass is 32.3. The zero-order valence-electron chi connectivity index (χ0n) is 9.85. The van der Waals surface area contributed by atoms with Gasteiger partial charge < -0.3 is 10.1 Å². The van der Waals surface area contributed by atoms with E-state index < -0.39 is 21.9 Å². The van der Waals surface area contributed by atoms with E-state index in [4.69, 9.17) is 4.74 Å². The molecule has 0 spiro atoms. The van der Waals surface area contributed by atoms with E-state index in [1.807, 2.05) is 0 Å². The zero-order valence-corrected chi connectivity index (χ0v) is 10.7. The van der Waals surface area contributed by atoms with Gasteiger partial charge in [-0.25, -0.2) is 4.79 Å². The van der Waals surface area contributed by atoms with Crippen LogP contribution in [0, 0.1) is 0 Å². The summed E-state index contributed by atoms with van der Waals surface area (Å²) in [7, 11) is -4.46. The predicted molar refractivity (Wildman–Crippen MR) is 65.8 cm³/mol. The summed E-state index contributed by atoms with van der Waals surface area (Å²) in [5, 5.41) is 2.73. The Bertz CT molecular complexity index is 498. The van der Waals surface area contributed by atoms with Crippen molar-refractivity contribution in [1.29, 1.82) is 0 Å². The molecular formula is C11H14FNO4S. The van der Waals surface area contributed by atoms with E-state index in [0.29, 0.717) is 17.9 Å². The van der Waals surface area contributed by atoms with Gasteiger partial charge in [0.25, 0.3) is 0 Å². The molecule has 0 fully saturated rings. The van der Waals surface area contributed by atoms with Crippen LogP contribution in [0.15, 0.2) is 24.3 Å². The predicted octanol–water partition coefficient (Wildman–Crippen LogP) is 1.57. The van der Waals surface area contributed by atoms with E-state index in [-0.39, 0.29) is 6.54 Å². The molecule has 18 heavy (non-hydrogen) atoms. The molecule has 1 aromatic carbocycles. The Balaban J connectivity index is 2.53. The molecular weight excluding hydrogens is 261 g/mol. The van der Waals surface area contributed by atoms with Gasteiger partial charge in [0.1, 0.15) is 0 Å². The van der Waals surface area contributed by atoms with Gasteiger partial charge in [-0.2, -0.15) is 8.42 Å². The molecule has 0 saturated heterocycles. The molecule has 0 aromatic heterocycles. The first-order valence-corrected chi connectivity index (χ1v) is 6.91. The molecule has 0 aliphatic rings. The molecule has 5 nitrogen and oxygen atoms in total. The number of rotatable bonds is 6. The second kappa shape index (κ2) is 6.34. The topological polar surface area (TPSA) is 72.5 Å². The van der Waals surface area contributed by atoms with Crippen molar-refractivity contribution in [1.82, 2.24) is 0 Å². The minimum Gasteiger partial charge on any atom is -0.462 e. The highest BCUT2D eigenvalue weighted by Crippen LogP contribution is 2.10. The van der Waals surface area contributed by atoms with Crippen LogP contribution >= 0.6 is 0 Å². The van der Waals surface area contributed by atoms with Gasteiger partial charge in [-0.3, -0.25) is 0 Å². The lowest BCUT2D eigenvalue weighted by Gasteiger charge is -2.06. The zero-order chi connectivity index (χ0) is 13.6. The summed E-state index contributed by atoms with van der Waals surface area (Å²) in [4.78, 5) is 11.3. The number of benzene rings is 1. The van der Waals surface area contributed by atoms with Gasteiger partial charge in [-0.15, -0.1) is 3.89 Å². The molecule has 0 radical (unpaired) electrons. The molecule has 1 rings (SSSR count). The average Bonchev–Trinajstić information content (AvgIpc) is 2.28. The number of esters is 1. The van der Waals surface area contributed by atoms with E-state index in [0.717, 1.165) is 0 Å². The Kier molecular flexibility index (Phi) is 5.08. The number of anilines is 1. The Morgan fingerprint density at radius 2 is 1.94 bits per heavy atom. The fourth-order valence-corrected chi connectivity index (χ4v) is 1.60. The molecule has 0 aliphatic carbocycles. The number of carbonyl (C=O) groups is 1. The third kappa shape index (κ3) is 5.13. The fourth-order valence-electron chi connectivity index (χ4n) is 1.26. The van der Waals surface area contributed by atoms with E-state index in [1.165, 1.54) is 0 Å². The number of hydrogen-bond donors (Lipinski definition) is 1. The molecule has 100 valence electrons. The summed E-state index contributed by atoms with van der Waals surface area (Å²) in [6, 6.07) is 6.28. The van der Waals surface area contributed by atoms with Gasteiger partial charge in [0, 0.05) is 12.2 Å². The van der Waals surface area contributed by atoms with Crippen LogP contribution < -0.4 is 5.32 Å². The van der Waals surface area contributed by atoms with Crippen molar-refractivity contribution in [2.75, 3.05) is 24.2 Å². The van der Waals surface area contributed by atoms with Gasteiger partial charge in [0.15, 0.2) is 0 Å². The highest BCUT2D eigenvalue weighted by Gasteiger charge is 2.07. The lowest BCUT2D eigenvalue weighted by molar-refractivity contribution is 0.0526. The molecule has 0 aliphatic heterocycles. The quantitative estimate of drug-likeness (QED) is 0.630. The molecule has 0 saturated carbocycles. The first kappa shape index (κ1) is 14.4. The highest BCUT2D eigenvalue weighted by molar-refractivity contribution is 7.86. The maximum absolute atomic E-state index is 12.2. The van der Waals surface area contributed by atoms with Crippen molar-refractivity contribution in [2.45, 2.75) is 6.92 Å².